The van der Waals surface area contributed by atoms with Gasteiger partial charge in [-0.1, -0.05) is 0 Å². The number of hydrogen-bond acceptors (Lipinski definition) is 5. The van der Waals surface area contributed by atoms with Gasteiger partial charge in [-0.25, -0.2) is 4.79 Å². The van der Waals surface area contributed by atoms with E-state index >= 15 is 0 Å². The van der Waals surface area contributed by atoms with Crippen LogP contribution in [0.25, 0.3) is 0 Å². The first-order valence-corrected chi connectivity index (χ1v) is 4.72. The first-order valence-electron chi connectivity index (χ1n) is 4.72. The van der Waals surface area contributed by atoms with Crippen LogP contribution in [0.2, 0.25) is 0 Å². The van der Waals surface area contributed by atoms with E-state index in [1.807, 2.05) is 0 Å². The highest BCUT2D eigenvalue weighted by Gasteiger charge is 2.08. The van der Waals surface area contributed by atoms with E-state index in [2.05, 4.69) is 4.98 Å². The van der Waals surface area contributed by atoms with E-state index in [1.165, 1.54) is 10.6 Å². The fraction of sp³-hybridized carbons (Fsp3) is 0.556. The average Bonchev–Trinajstić information content (AvgIpc) is 2.22. The van der Waals surface area contributed by atoms with E-state index in [0.29, 0.717) is 5.69 Å². The van der Waals surface area contributed by atoms with Crippen LogP contribution in [-0.2, 0) is 11.5 Å². The molecule has 90 valence electrons. The molecule has 0 aliphatic heterocycles. The molecule has 1 heterocycles. The molecule has 1 aromatic heterocycles. The van der Waals surface area contributed by atoms with Crippen molar-refractivity contribution in [2.24, 2.45) is 0 Å². The monoisotopic (exact) mass is 230 g/mol. The third kappa shape index (κ3) is 3.02. The number of aromatic amines is 1. The molecule has 0 saturated heterocycles. The quantitative estimate of drug-likeness (QED) is 0.552. The number of ether oxygens (including phenoxy) is 1. The summed E-state index contributed by atoms with van der Waals surface area (Å²) < 4.78 is 6.26. The van der Waals surface area contributed by atoms with Crippen LogP contribution in [0.3, 0.4) is 0 Å². The minimum absolute atomic E-state index is 0.132. The summed E-state index contributed by atoms with van der Waals surface area (Å²) >= 11 is 0. The van der Waals surface area contributed by atoms with Crippen molar-refractivity contribution in [2.45, 2.75) is 19.8 Å². The molecule has 7 nitrogen and oxygen atoms in total. The molecular formula is C9H14N2O5. The fourth-order valence-corrected chi connectivity index (χ4v) is 1.14. The van der Waals surface area contributed by atoms with Crippen LogP contribution >= 0.6 is 0 Å². The van der Waals surface area contributed by atoms with Crippen LogP contribution in [0.15, 0.2) is 15.7 Å². The Morgan fingerprint density at radius 1 is 1.44 bits per heavy atom. The number of H-pyrrole nitrogens is 1. The Labute approximate surface area is 90.9 Å². The summed E-state index contributed by atoms with van der Waals surface area (Å²) in [6, 6.07) is 1.26. The molecule has 7 heteroatoms. The first kappa shape index (κ1) is 12.6. The maximum Gasteiger partial charge on any atom is 0.330 e. The Morgan fingerprint density at radius 2 is 2.06 bits per heavy atom. The smallest absolute Gasteiger partial charge is 0.330 e. The Balaban J connectivity index is 2.82. The van der Waals surface area contributed by atoms with Crippen molar-refractivity contribution in [3.05, 3.63) is 32.6 Å². The molecule has 0 amide bonds. The maximum atomic E-state index is 11.4. The van der Waals surface area contributed by atoms with Gasteiger partial charge in [-0.05, 0) is 6.92 Å². The second-order valence-corrected chi connectivity index (χ2v) is 3.29. The highest BCUT2D eigenvalue weighted by molar-refractivity contribution is 4.97. The van der Waals surface area contributed by atoms with E-state index < -0.39 is 17.4 Å². The van der Waals surface area contributed by atoms with Gasteiger partial charge < -0.3 is 14.9 Å². The molecule has 0 aliphatic rings. The van der Waals surface area contributed by atoms with Gasteiger partial charge >= 0.3 is 5.69 Å². The topological polar surface area (TPSA) is 105 Å². The Bertz CT molecular complexity index is 446. The molecule has 0 bridgehead atoms. The van der Waals surface area contributed by atoms with E-state index in [1.54, 1.807) is 6.92 Å². The van der Waals surface area contributed by atoms with Gasteiger partial charge in [0, 0.05) is 11.8 Å². The normalized spacial score (nSPS) is 11.0. The molecular weight excluding hydrogens is 216 g/mol. The lowest BCUT2D eigenvalue weighted by Gasteiger charge is -2.14. The summed E-state index contributed by atoms with van der Waals surface area (Å²) in [7, 11) is 0. The highest BCUT2D eigenvalue weighted by atomic mass is 16.5. The van der Waals surface area contributed by atoms with Crippen LogP contribution < -0.4 is 11.2 Å². The molecule has 1 rings (SSSR count). The zero-order valence-corrected chi connectivity index (χ0v) is 8.84. The van der Waals surface area contributed by atoms with E-state index in [9.17, 15) is 9.59 Å². The lowest BCUT2D eigenvalue weighted by Crippen LogP contribution is -2.34. The average molecular weight is 230 g/mol. The Hall–Kier alpha value is -1.44. The maximum absolute atomic E-state index is 11.4. The van der Waals surface area contributed by atoms with Crippen molar-refractivity contribution in [1.82, 2.24) is 9.55 Å². The largest absolute Gasteiger partial charge is 0.394 e. The van der Waals surface area contributed by atoms with Crippen LogP contribution in [0.1, 0.15) is 5.69 Å². The predicted octanol–water partition coefficient (Wildman–Crippen LogP) is -1.83. The molecule has 0 saturated carbocycles. The standard InChI is InChI=1S/C9H14N2O5/c1-6-2-8(14)10-9(15)11(6)5-16-7(3-12)4-13/h2,7,12-13H,3-5H2,1H3,(H,10,14,15). The molecule has 1 aromatic rings. The highest BCUT2D eigenvalue weighted by Crippen LogP contribution is 1.94. The van der Waals surface area contributed by atoms with E-state index in [4.69, 9.17) is 14.9 Å². The van der Waals surface area contributed by atoms with Crippen LogP contribution in [-0.4, -0.2) is 39.1 Å². The second-order valence-electron chi connectivity index (χ2n) is 3.29. The van der Waals surface area contributed by atoms with Crippen LogP contribution in [0.5, 0.6) is 0 Å². The van der Waals surface area contributed by atoms with Gasteiger partial charge in [-0.3, -0.25) is 14.3 Å². The summed E-state index contributed by atoms with van der Waals surface area (Å²) in [6.45, 7) is 0.779. The summed E-state index contributed by atoms with van der Waals surface area (Å²) in [6.07, 6.45) is -0.738. The SMILES string of the molecule is Cc1cc(=O)[nH]c(=O)n1COC(CO)CO. The number of aliphatic hydroxyl groups excluding tert-OH is 2. The minimum Gasteiger partial charge on any atom is -0.394 e. The third-order valence-electron chi connectivity index (χ3n) is 2.09. The summed E-state index contributed by atoms with van der Waals surface area (Å²) in [4.78, 5) is 24.4. The summed E-state index contributed by atoms with van der Waals surface area (Å²) in [5.41, 5.74) is -0.609. The molecule has 0 fully saturated rings. The lowest BCUT2D eigenvalue weighted by molar-refractivity contribution is -0.0518. The summed E-state index contributed by atoms with van der Waals surface area (Å²) in [5, 5.41) is 17.5. The zero-order chi connectivity index (χ0) is 12.1. The molecule has 16 heavy (non-hydrogen) atoms. The molecule has 0 aromatic carbocycles. The van der Waals surface area contributed by atoms with E-state index in [-0.39, 0.29) is 19.9 Å². The van der Waals surface area contributed by atoms with Crippen molar-refractivity contribution in [3.8, 4) is 0 Å². The van der Waals surface area contributed by atoms with E-state index in [0.717, 1.165) is 0 Å². The van der Waals surface area contributed by atoms with Gasteiger partial charge in [0.05, 0.1) is 13.2 Å². The Morgan fingerprint density at radius 3 is 2.56 bits per heavy atom. The number of nitrogens with one attached hydrogen (secondary N) is 1. The number of hydrogen-bond donors (Lipinski definition) is 3. The van der Waals surface area contributed by atoms with Crippen LogP contribution in [0.4, 0.5) is 0 Å². The number of aromatic nitrogens is 2. The van der Waals surface area contributed by atoms with Gasteiger partial charge in [0.15, 0.2) is 0 Å². The second kappa shape index (κ2) is 5.59. The molecule has 0 aliphatic carbocycles. The number of aryl methyl sites for hydroxylation is 1. The zero-order valence-electron chi connectivity index (χ0n) is 8.84. The lowest BCUT2D eigenvalue weighted by atomic mass is 10.4. The third-order valence-corrected chi connectivity index (χ3v) is 2.09. The van der Waals surface area contributed by atoms with Gasteiger partial charge in [-0.15, -0.1) is 0 Å². The van der Waals surface area contributed by atoms with Gasteiger partial charge in [0.25, 0.3) is 5.56 Å². The molecule has 0 radical (unpaired) electrons. The molecule has 3 N–H and O–H groups in total. The van der Waals surface area contributed by atoms with Gasteiger partial charge in [-0.2, -0.15) is 0 Å². The number of rotatable bonds is 5. The number of aliphatic hydroxyl groups is 2. The van der Waals surface area contributed by atoms with Crippen molar-refractivity contribution < 1.29 is 14.9 Å². The predicted molar refractivity (Wildman–Crippen MR) is 55.1 cm³/mol. The van der Waals surface area contributed by atoms with Crippen molar-refractivity contribution >= 4 is 0 Å². The minimum atomic E-state index is -0.738. The summed E-state index contributed by atoms with van der Waals surface area (Å²) in [5.74, 6) is 0. The van der Waals surface area contributed by atoms with Crippen molar-refractivity contribution in [3.63, 3.8) is 0 Å². The first-order chi connectivity index (χ1) is 7.58. The molecule has 0 spiro atoms. The molecule has 0 atom stereocenters. The van der Waals surface area contributed by atoms with Crippen molar-refractivity contribution in [1.29, 1.82) is 0 Å². The van der Waals surface area contributed by atoms with Crippen molar-refractivity contribution in [2.75, 3.05) is 13.2 Å². The fourth-order valence-electron chi connectivity index (χ4n) is 1.14. The van der Waals surface area contributed by atoms with Gasteiger partial charge in [0.2, 0.25) is 0 Å². The van der Waals surface area contributed by atoms with Crippen LogP contribution in [0, 0.1) is 6.92 Å². The molecule has 0 unspecified atom stereocenters. The Kier molecular flexibility index (Phi) is 4.41. The van der Waals surface area contributed by atoms with Gasteiger partial charge in [0.1, 0.15) is 12.8 Å². The number of nitrogens with zero attached hydrogens (tertiary/aromatic N) is 1.